The molecule has 0 aliphatic carbocycles. The molecule has 2 rings (SSSR count). The minimum atomic E-state index is 0.869. The first-order chi connectivity index (χ1) is 6.72. The van der Waals surface area contributed by atoms with Gasteiger partial charge in [-0.05, 0) is 35.0 Å². The molecular weight excluding hydrogens is 242 g/mol. The molecule has 1 heterocycles. The summed E-state index contributed by atoms with van der Waals surface area (Å²) in [5.74, 6) is 0.869. The standard InChI is InChI=1S/C11H10BrNO/c1-7-6-10(14-2)8-4-3-5-9(12)11(8)13-7/h3-6H,1-2H3. The molecule has 0 radical (unpaired) electrons. The molecule has 72 valence electrons. The first kappa shape index (κ1) is 9.46. The van der Waals surface area contributed by atoms with E-state index in [0.717, 1.165) is 26.8 Å². The maximum atomic E-state index is 5.30. The van der Waals surface area contributed by atoms with Crippen LogP contribution in [0.2, 0.25) is 0 Å². The molecule has 2 nitrogen and oxygen atoms in total. The zero-order valence-corrected chi connectivity index (χ0v) is 9.63. The number of ether oxygens (including phenoxy) is 1. The van der Waals surface area contributed by atoms with Gasteiger partial charge in [0.05, 0.1) is 12.6 Å². The first-order valence-electron chi connectivity index (χ1n) is 4.32. The second-order valence-corrected chi connectivity index (χ2v) is 3.96. The number of para-hydroxylation sites is 1. The van der Waals surface area contributed by atoms with Gasteiger partial charge < -0.3 is 4.74 Å². The molecule has 0 atom stereocenters. The fraction of sp³-hybridized carbons (Fsp3) is 0.182. The molecule has 0 bridgehead atoms. The van der Waals surface area contributed by atoms with Crippen molar-refractivity contribution in [1.82, 2.24) is 4.98 Å². The minimum absolute atomic E-state index is 0.869. The van der Waals surface area contributed by atoms with Gasteiger partial charge in [-0.3, -0.25) is 4.98 Å². The summed E-state index contributed by atoms with van der Waals surface area (Å²) < 4.78 is 6.30. The number of benzene rings is 1. The van der Waals surface area contributed by atoms with Gasteiger partial charge in [-0.1, -0.05) is 6.07 Å². The summed E-state index contributed by atoms with van der Waals surface area (Å²) >= 11 is 3.48. The van der Waals surface area contributed by atoms with Gasteiger partial charge in [0.25, 0.3) is 0 Å². The third-order valence-corrected chi connectivity index (χ3v) is 2.74. The molecular formula is C11H10BrNO. The van der Waals surface area contributed by atoms with Crippen molar-refractivity contribution in [3.8, 4) is 5.75 Å². The monoisotopic (exact) mass is 251 g/mol. The number of hydrogen-bond acceptors (Lipinski definition) is 2. The molecule has 1 aromatic heterocycles. The van der Waals surface area contributed by atoms with Crippen LogP contribution < -0.4 is 4.74 Å². The van der Waals surface area contributed by atoms with Crippen molar-refractivity contribution in [2.45, 2.75) is 6.92 Å². The molecule has 0 spiro atoms. The molecule has 14 heavy (non-hydrogen) atoms. The molecule has 2 aromatic rings. The Hall–Kier alpha value is -1.09. The summed E-state index contributed by atoms with van der Waals surface area (Å²) in [6, 6.07) is 7.90. The molecule has 0 saturated carbocycles. The van der Waals surface area contributed by atoms with Crippen molar-refractivity contribution in [2.75, 3.05) is 7.11 Å². The van der Waals surface area contributed by atoms with Gasteiger partial charge in [-0.15, -0.1) is 0 Å². The molecule has 1 aromatic carbocycles. The van der Waals surface area contributed by atoms with E-state index in [1.807, 2.05) is 31.2 Å². The number of rotatable bonds is 1. The molecule has 0 aliphatic heterocycles. The van der Waals surface area contributed by atoms with Gasteiger partial charge in [0.15, 0.2) is 0 Å². The van der Waals surface area contributed by atoms with E-state index in [2.05, 4.69) is 20.9 Å². The third kappa shape index (κ3) is 1.48. The largest absolute Gasteiger partial charge is 0.496 e. The molecule has 0 amide bonds. The Balaban J connectivity index is 2.87. The van der Waals surface area contributed by atoms with Crippen LogP contribution in [0.1, 0.15) is 5.69 Å². The van der Waals surface area contributed by atoms with E-state index >= 15 is 0 Å². The van der Waals surface area contributed by atoms with E-state index < -0.39 is 0 Å². The van der Waals surface area contributed by atoms with Crippen LogP contribution in [0.4, 0.5) is 0 Å². The zero-order valence-electron chi connectivity index (χ0n) is 8.04. The van der Waals surface area contributed by atoms with Gasteiger partial charge >= 0.3 is 0 Å². The van der Waals surface area contributed by atoms with Crippen LogP contribution >= 0.6 is 15.9 Å². The molecule has 0 N–H and O–H groups in total. The lowest BCUT2D eigenvalue weighted by atomic mass is 10.2. The summed E-state index contributed by atoms with van der Waals surface area (Å²) in [5.41, 5.74) is 1.91. The zero-order chi connectivity index (χ0) is 10.1. The van der Waals surface area contributed by atoms with Gasteiger partial charge in [0, 0.05) is 21.6 Å². The highest BCUT2D eigenvalue weighted by Crippen LogP contribution is 2.29. The van der Waals surface area contributed by atoms with E-state index in [0.29, 0.717) is 0 Å². The highest BCUT2D eigenvalue weighted by Gasteiger charge is 2.05. The van der Waals surface area contributed by atoms with Crippen molar-refractivity contribution in [1.29, 1.82) is 0 Å². The van der Waals surface area contributed by atoms with Gasteiger partial charge in [-0.2, -0.15) is 0 Å². The van der Waals surface area contributed by atoms with Crippen LogP contribution in [0.25, 0.3) is 10.9 Å². The minimum Gasteiger partial charge on any atom is -0.496 e. The Bertz CT molecular complexity index is 482. The van der Waals surface area contributed by atoms with Gasteiger partial charge in [-0.25, -0.2) is 0 Å². The first-order valence-corrected chi connectivity index (χ1v) is 5.11. The highest BCUT2D eigenvalue weighted by atomic mass is 79.9. The second kappa shape index (κ2) is 3.58. The second-order valence-electron chi connectivity index (χ2n) is 3.10. The van der Waals surface area contributed by atoms with Crippen molar-refractivity contribution in [3.63, 3.8) is 0 Å². The van der Waals surface area contributed by atoms with Crippen LogP contribution in [0.5, 0.6) is 5.75 Å². The fourth-order valence-corrected chi connectivity index (χ4v) is 1.93. The summed E-state index contributed by atoms with van der Waals surface area (Å²) in [4.78, 5) is 4.46. The number of methoxy groups -OCH3 is 1. The average Bonchev–Trinajstić information content (AvgIpc) is 2.18. The average molecular weight is 252 g/mol. The molecule has 0 aliphatic rings. The number of halogens is 1. The van der Waals surface area contributed by atoms with Gasteiger partial charge in [0.2, 0.25) is 0 Å². The number of hydrogen-bond donors (Lipinski definition) is 0. The van der Waals surface area contributed by atoms with E-state index in [-0.39, 0.29) is 0 Å². The Kier molecular flexibility index (Phi) is 2.42. The van der Waals surface area contributed by atoms with Crippen molar-refractivity contribution in [2.24, 2.45) is 0 Å². The van der Waals surface area contributed by atoms with Crippen LogP contribution in [-0.4, -0.2) is 12.1 Å². The SMILES string of the molecule is COc1cc(C)nc2c(Br)cccc12. The predicted molar refractivity (Wildman–Crippen MR) is 60.7 cm³/mol. The number of nitrogens with zero attached hydrogens (tertiary/aromatic N) is 1. The van der Waals surface area contributed by atoms with Gasteiger partial charge in [0.1, 0.15) is 5.75 Å². The number of aromatic nitrogens is 1. The van der Waals surface area contributed by atoms with Crippen molar-refractivity contribution in [3.05, 3.63) is 34.4 Å². The smallest absolute Gasteiger partial charge is 0.130 e. The van der Waals surface area contributed by atoms with Crippen LogP contribution in [0.3, 0.4) is 0 Å². The summed E-state index contributed by atoms with van der Waals surface area (Å²) in [7, 11) is 1.68. The number of fused-ring (bicyclic) bond motifs is 1. The third-order valence-electron chi connectivity index (χ3n) is 2.10. The van der Waals surface area contributed by atoms with Crippen molar-refractivity contribution < 1.29 is 4.74 Å². The quantitative estimate of drug-likeness (QED) is 0.776. The Morgan fingerprint density at radius 3 is 2.86 bits per heavy atom. The summed E-state index contributed by atoms with van der Waals surface area (Å²) in [6.07, 6.45) is 0. The maximum absolute atomic E-state index is 5.30. The lowest BCUT2D eigenvalue weighted by Crippen LogP contribution is -1.90. The number of pyridine rings is 1. The van der Waals surface area contributed by atoms with Crippen LogP contribution in [0, 0.1) is 6.92 Å². The molecule has 3 heteroatoms. The number of aryl methyl sites for hydroxylation is 1. The predicted octanol–water partition coefficient (Wildman–Crippen LogP) is 3.31. The van der Waals surface area contributed by atoms with E-state index in [4.69, 9.17) is 4.74 Å². The molecule has 0 saturated heterocycles. The van der Waals surface area contributed by atoms with Crippen LogP contribution in [-0.2, 0) is 0 Å². The van der Waals surface area contributed by atoms with Crippen molar-refractivity contribution >= 4 is 26.8 Å². The lowest BCUT2D eigenvalue weighted by molar-refractivity contribution is 0.419. The molecule has 0 unspecified atom stereocenters. The summed E-state index contributed by atoms with van der Waals surface area (Å²) in [5, 5.41) is 1.03. The van der Waals surface area contributed by atoms with E-state index in [1.54, 1.807) is 7.11 Å². The van der Waals surface area contributed by atoms with E-state index in [1.165, 1.54) is 0 Å². The molecule has 0 fully saturated rings. The topological polar surface area (TPSA) is 22.1 Å². The van der Waals surface area contributed by atoms with Crippen LogP contribution in [0.15, 0.2) is 28.7 Å². The summed E-state index contributed by atoms with van der Waals surface area (Å²) in [6.45, 7) is 1.96. The Morgan fingerprint density at radius 2 is 2.14 bits per heavy atom. The normalized spacial score (nSPS) is 10.5. The lowest BCUT2D eigenvalue weighted by Gasteiger charge is -2.07. The Labute approximate surface area is 91.0 Å². The fourth-order valence-electron chi connectivity index (χ4n) is 1.47. The van der Waals surface area contributed by atoms with E-state index in [9.17, 15) is 0 Å². The Morgan fingerprint density at radius 1 is 1.36 bits per heavy atom. The maximum Gasteiger partial charge on any atom is 0.130 e. The highest BCUT2D eigenvalue weighted by molar-refractivity contribution is 9.10.